The first-order valence-corrected chi connectivity index (χ1v) is 9.12. The van der Waals surface area contributed by atoms with Crippen LogP contribution in [0.3, 0.4) is 0 Å². The van der Waals surface area contributed by atoms with Gasteiger partial charge in [0.1, 0.15) is 5.75 Å². The summed E-state index contributed by atoms with van der Waals surface area (Å²) < 4.78 is 1.66. The molecule has 0 aliphatic rings. The molecule has 0 amide bonds. The van der Waals surface area contributed by atoms with Gasteiger partial charge in [-0.1, -0.05) is 0 Å². The van der Waals surface area contributed by atoms with E-state index in [1.165, 1.54) is 0 Å². The van der Waals surface area contributed by atoms with E-state index in [1.54, 1.807) is 0 Å². The van der Waals surface area contributed by atoms with Crippen molar-refractivity contribution in [1.29, 1.82) is 0 Å². The number of rotatable bonds is 1. The molecule has 0 spiro atoms. The third kappa shape index (κ3) is 2.47. The maximum atomic E-state index is 9.95. The van der Waals surface area contributed by atoms with E-state index in [9.17, 15) is 5.11 Å². The average Bonchev–Trinajstić information content (AvgIpc) is 3.00. The molecule has 2 aromatic heterocycles. The van der Waals surface area contributed by atoms with E-state index < -0.39 is 0 Å². The normalized spacial score (nSPS) is 11.4. The summed E-state index contributed by atoms with van der Waals surface area (Å²) in [4.78, 5) is 4.82. The molecular weight excluding hydrogens is 516 g/mol. The van der Waals surface area contributed by atoms with Crippen LogP contribution in [0.2, 0.25) is 0 Å². The second-order valence-electron chi connectivity index (χ2n) is 5.40. The molecule has 4 aromatic rings. The Labute approximate surface area is 159 Å². The topological polar surface area (TPSA) is 61.8 Å². The molecule has 6 heteroatoms. The van der Waals surface area contributed by atoms with Crippen molar-refractivity contribution < 1.29 is 5.11 Å². The van der Waals surface area contributed by atoms with Crippen molar-refractivity contribution >= 4 is 67.0 Å². The lowest BCUT2D eigenvalue weighted by Gasteiger charge is -2.09. The zero-order chi connectivity index (χ0) is 16.1. The number of hydrogen-bond donors (Lipinski definition) is 2. The van der Waals surface area contributed by atoms with Crippen LogP contribution in [0.1, 0.15) is 5.56 Å². The molecule has 0 aliphatic carbocycles. The minimum atomic E-state index is 0.326. The van der Waals surface area contributed by atoms with Crippen molar-refractivity contribution in [2.24, 2.45) is 0 Å². The number of nitrogens with one attached hydrogen (secondary N) is 1. The Bertz CT molecular complexity index is 1050. The molecule has 0 saturated heterocycles. The van der Waals surface area contributed by atoms with E-state index in [2.05, 4.69) is 68.4 Å². The third-order valence-electron chi connectivity index (χ3n) is 3.90. The smallest absolute Gasteiger partial charge is 0.142 e. The maximum absolute atomic E-state index is 9.95. The monoisotopic (exact) mass is 527 g/mol. The van der Waals surface area contributed by atoms with Gasteiger partial charge in [0.05, 0.1) is 30.1 Å². The molecule has 0 radical (unpaired) electrons. The molecule has 2 heterocycles. The van der Waals surface area contributed by atoms with Gasteiger partial charge in [-0.25, -0.2) is 4.98 Å². The van der Waals surface area contributed by atoms with Crippen LogP contribution < -0.4 is 0 Å². The maximum Gasteiger partial charge on any atom is 0.142 e. The number of aromatic hydroxyl groups is 1. The van der Waals surface area contributed by atoms with Crippen LogP contribution in [0, 0.1) is 14.1 Å². The zero-order valence-electron chi connectivity index (χ0n) is 12.1. The Hall–Kier alpha value is -1.42. The fourth-order valence-corrected chi connectivity index (χ4v) is 4.58. The quantitative estimate of drug-likeness (QED) is 0.343. The average molecular weight is 527 g/mol. The molecule has 0 aliphatic heterocycles. The number of pyridine rings is 1. The number of hydrogen-bond acceptors (Lipinski definition) is 3. The lowest BCUT2D eigenvalue weighted by Crippen LogP contribution is -1.91. The second kappa shape index (κ2) is 5.59. The van der Waals surface area contributed by atoms with Gasteiger partial charge in [-0.15, -0.1) is 0 Å². The molecule has 23 heavy (non-hydrogen) atoms. The van der Waals surface area contributed by atoms with E-state index >= 15 is 0 Å². The molecular formula is C17H11I2N3O. The van der Waals surface area contributed by atoms with Gasteiger partial charge in [-0.2, -0.15) is 5.10 Å². The van der Waals surface area contributed by atoms with Gasteiger partial charge in [0.25, 0.3) is 0 Å². The zero-order valence-corrected chi connectivity index (χ0v) is 16.4. The van der Waals surface area contributed by atoms with Crippen LogP contribution in [0.25, 0.3) is 33.1 Å². The molecule has 0 unspecified atom stereocenters. The number of aromatic nitrogens is 3. The first kappa shape index (κ1) is 15.1. The predicted octanol–water partition coefficient (Wildman–Crippen LogP) is 5.00. The van der Waals surface area contributed by atoms with Crippen molar-refractivity contribution in [1.82, 2.24) is 15.2 Å². The molecule has 0 fully saturated rings. The molecule has 4 rings (SSSR count). The summed E-state index contributed by atoms with van der Waals surface area (Å²) >= 11 is 4.29. The SMILES string of the molecule is Cc1cc(-c2cc(I)c(O)c(I)c2)nc2ccc3[nH]ncc3c12. The Morgan fingerprint density at radius 3 is 2.57 bits per heavy atom. The lowest BCUT2D eigenvalue weighted by molar-refractivity contribution is 0.468. The summed E-state index contributed by atoms with van der Waals surface area (Å²) in [6.45, 7) is 2.09. The molecule has 4 nitrogen and oxygen atoms in total. The molecule has 0 atom stereocenters. The van der Waals surface area contributed by atoms with Crippen molar-refractivity contribution in [3.05, 3.63) is 49.2 Å². The van der Waals surface area contributed by atoms with E-state index in [1.807, 2.05) is 30.5 Å². The fraction of sp³-hybridized carbons (Fsp3) is 0.0588. The lowest BCUT2D eigenvalue weighted by atomic mass is 10.0. The van der Waals surface area contributed by atoms with E-state index in [-0.39, 0.29) is 0 Å². The summed E-state index contributed by atoms with van der Waals surface area (Å²) in [6, 6.07) is 10.0. The second-order valence-corrected chi connectivity index (χ2v) is 7.73. The van der Waals surface area contributed by atoms with Crippen LogP contribution in [0.15, 0.2) is 36.5 Å². The number of fused-ring (bicyclic) bond motifs is 3. The van der Waals surface area contributed by atoms with Gasteiger partial charge in [-0.05, 0) is 88.0 Å². The van der Waals surface area contributed by atoms with Gasteiger partial charge in [-0.3, -0.25) is 5.10 Å². The molecule has 2 aromatic carbocycles. The number of halogens is 2. The first-order valence-electron chi connectivity index (χ1n) is 6.96. The van der Waals surface area contributed by atoms with Crippen LogP contribution in [-0.2, 0) is 0 Å². The minimum absolute atomic E-state index is 0.326. The van der Waals surface area contributed by atoms with E-state index in [4.69, 9.17) is 4.98 Å². The van der Waals surface area contributed by atoms with Gasteiger partial charge in [0.15, 0.2) is 0 Å². The fourth-order valence-electron chi connectivity index (χ4n) is 2.81. The van der Waals surface area contributed by atoms with Crippen molar-refractivity contribution in [3.63, 3.8) is 0 Å². The highest BCUT2D eigenvalue weighted by Gasteiger charge is 2.12. The molecule has 2 N–H and O–H groups in total. The first-order chi connectivity index (χ1) is 11.0. The van der Waals surface area contributed by atoms with E-state index in [0.717, 1.165) is 45.8 Å². The van der Waals surface area contributed by atoms with Crippen LogP contribution in [0.4, 0.5) is 0 Å². The number of nitrogens with zero attached hydrogens (tertiary/aromatic N) is 2. The Balaban J connectivity index is 2.00. The summed E-state index contributed by atoms with van der Waals surface area (Å²) in [5.41, 5.74) is 5.05. The Morgan fingerprint density at radius 2 is 1.83 bits per heavy atom. The summed E-state index contributed by atoms with van der Waals surface area (Å²) in [5.74, 6) is 0.326. The number of H-pyrrole nitrogens is 1. The van der Waals surface area contributed by atoms with Crippen molar-refractivity contribution in [2.45, 2.75) is 6.92 Å². The van der Waals surface area contributed by atoms with Crippen molar-refractivity contribution in [2.75, 3.05) is 0 Å². The minimum Gasteiger partial charge on any atom is -0.506 e. The molecule has 114 valence electrons. The largest absolute Gasteiger partial charge is 0.506 e. The number of phenolic OH excluding ortho intramolecular Hbond substituents is 1. The van der Waals surface area contributed by atoms with Gasteiger partial charge in [0.2, 0.25) is 0 Å². The van der Waals surface area contributed by atoms with Gasteiger partial charge in [0, 0.05) is 16.3 Å². The third-order valence-corrected chi connectivity index (χ3v) is 5.55. The number of benzene rings is 2. The number of aromatic amines is 1. The summed E-state index contributed by atoms with van der Waals surface area (Å²) in [5, 5.41) is 19.3. The molecule has 0 saturated carbocycles. The highest BCUT2D eigenvalue weighted by Crippen LogP contribution is 2.34. The summed E-state index contributed by atoms with van der Waals surface area (Å²) in [7, 11) is 0. The van der Waals surface area contributed by atoms with Crippen molar-refractivity contribution in [3.8, 4) is 17.0 Å². The Morgan fingerprint density at radius 1 is 1.09 bits per heavy atom. The van der Waals surface area contributed by atoms with Crippen LogP contribution in [0.5, 0.6) is 5.75 Å². The highest BCUT2D eigenvalue weighted by atomic mass is 127. The van der Waals surface area contributed by atoms with Crippen LogP contribution in [-0.4, -0.2) is 20.3 Å². The van der Waals surface area contributed by atoms with Gasteiger partial charge < -0.3 is 5.11 Å². The predicted molar refractivity (Wildman–Crippen MR) is 109 cm³/mol. The van der Waals surface area contributed by atoms with E-state index in [0.29, 0.717) is 5.75 Å². The highest BCUT2D eigenvalue weighted by molar-refractivity contribution is 14.1. The number of phenols is 1. The standard InChI is InChI=1S/C17H11I2N3O/c1-8-4-15(9-5-11(18)17(23)12(19)6-9)21-14-3-2-13-10(16(8)14)7-20-22-13/h2-7,23H,1H3,(H,20,22). The Kier molecular flexibility index (Phi) is 3.67. The number of aryl methyl sites for hydroxylation is 1. The molecule has 0 bridgehead atoms. The van der Waals surface area contributed by atoms with Gasteiger partial charge >= 0.3 is 0 Å². The summed E-state index contributed by atoms with van der Waals surface area (Å²) in [6.07, 6.45) is 1.85. The van der Waals surface area contributed by atoms with Crippen LogP contribution >= 0.6 is 45.2 Å².